The van der Waals surface area contributed by atoms with Crippen molar-refractivity contribution in [2.24, 2.45) is 0 Å². The minimum absolute atomic E-state index is 0.244. The van der Waals surface area contributed by atoms with Crippen LogP contribution in [0.5, 0.6) is 0 Å². The van der Waals surface area contributed by atoms with Gasteiger partial charge in [0.2, 0.25) is 11.8 Å². The van der Waals surface area contributed by atoms with Crippen LogP contribution in [0.3, 0.4) is 0 Å². The topological polar surface area (TPSA) is 105 Å². The van der Waals surface area contributed by atoms with Crippen LogP contribution < -0.4 is 20.4 Å². The van der Waals surface area contributed by atoms with Gasteiger partial charge >= 0.3 is 0 Å². The Morgan fingerprint density at radius 3 is 1.15 bits per heavy atom. The number of carbonyl (C=O) groups is 2. The highest BCUT2D eigenvalue weighted by molar-refractivity contribution is 6.11. The maximum Gasteiger partial charge on any atom is 0.221 e. The molecule has 4 N–H and O–H groups in total. The highest BCUT2D eigenvalue weighted by Crippen LogP contribution is 2.56. The summed E-state index contributed by atoms with van der Waals surface area (Å²) in [5, 5.41) is 38.3. The van der Waals surface area contributed by atoms with Gasteiger partial charge in [0.25, 0.3) is 0 Å². The summed E-state index contributed by atoms with van der Waals surface area (Å²) in [6, 6.07) is 28.5. The summed E-state index contributed by atoms with van der Waals surface area (Å²) in [4.78, 5) is 29.1. The van der Waals surface area contributed by atoms with Crippen molar-refractivity contribution in [2.75, 3.05) is 48.6 Å². The molecule has 8 nitrogen and oxygen atoms in total. The third-order valence-corrected chi connectivity index (χ3v) is 9.77. The average Bonchev–Trinajstić information content (AvgIpc) is 3.04. The maximum atomic E-state index is 12.6. The Kier molecular flexibility index (Phi) is 7.73. The predicted octanol–water partition coefficient (Wildman–Crippen LogP) is 6.95. The first-order valence-electron chi connectivity index (χ1n) is 16.2. The molecule has 6 aromatic carbocycles. The van der Waals surface area contributed by atoms with E-state index in [1.807, 2.05) is 86.5 Å². The zero-order chi connectivity index (χ0) is 34.0. The molecule has 1 saturated carbocycles. The number of anilines is 4. The number of rotatable bonds is 6. The van der Waals surface area contributed by atoms with Gasteiger partial charge < -0.3 is 30.6 Å². The molecule has 0 radical (unpaired) electrons. The molecule has 6 aromatic rings. The van der Waals surface area contributed by atoms with Gasteiger partial charge in [-0.3, -0.25) is 9.59 Å². The van der Waals surface area contributed by atoms with Crippen LogP contribution in [0.2, 0.25) is 0 Å². The first-order valence-corrected chi connectivity index (χ1v) is 16.2. The standard InChI is InChI=1S/C40H40N4O4/c1-21(45)41-31-19-33(43(3)4)27-15-23-11-7-9-13-25(23)17-29(27)35(31)37-39(47)38(40(37)48)36-30-18-26-14-10-8-12-24(26)16-28(30)34(44(5)6)20-32(36)42-22(2)46/h7-20,37-40,47-48H,1-6H3,(H,41,45)(H,42,46). The minimum Gasteiger partial charge on any atom is -0.392 e. The number of amides is 2. The van der Waals surface area contributed by atoms with Crippen LogP contribution in [0.25, 0.3) is 43.1 Å². The van der Waals surface area contributed by atoms with Gasteiger partial charge in [-0.15, -0.1) is 0 Å². The molecule has 1 aliphatic rings. The van der Waals surface area contributed by atoms with Crippen LogP contribution in [-0.2, 0) is 9.59 Å². The molecule has 8 heteroatoms. The van der Waals surface area contributed by atoms with Gasteiger partial charge in [0.05, 0.1) is 12.2 Å². The van der Waals surface area contributed by atoms with Crippen LogP contribution in [0, 0.1) is 0 Å². The third-order valence-electron chi connectivity index (χ3n) is 9.77. The summed E-state index contributed by atoms with van der Waals surface area (Å²) in [7, 11) is 7.83. The molecule has 7 rings (SSSR count). The van der Waals surface area contributed by atoms with Crippen LogP contribution >= 0.6 is 0 Å². The van der Waals surface area contributed by atoms with E-state index in [0.29, 0.717) is 22.5 Å². The van der Waals surface area contributed by atoms with Gasteiger partial charge in [-0.2, -0.15) is 0 Å². The summed E-state index contributed by atoms with van der Waals surface area (Å²) in [6.45, 7) is 2.92. The van der Waals surface area contributed by atoms with Crippen LogP contribution in [0.1, 0.15) is 36.8 Å². The molecule has 48 heavy (non-hydrogen) atoms. The van der Waals surface area contributed by atoms with E-state index in [1.165, 1.54) is 13.8 Å². The summed E-state index contributed by atoms with van der Waals surface area (Å²) in [5.74, 6) is -1.92. The second-order valence-electron chi connectivity index (χ2n) is 13.4. The fourth-order valence-electron chi connectivity index (χ4n) is 7.66. The molecule has 0 aliphatic heterocycles. The van der Waals surface area contributed by atoms with E-state index in [1.54, 1.807) is 0 Å². The van der Waals surface area contributed by atoms with E-state index in [-0.39, 0.29) is 11.8 Å². The van der Waals surface area contributed by atoms with Gasteiger partial charge in [-0.25, -0.2) is 0 Å². The first kappa shape index (κ1) is 31.4. The van der Waals surface area contributed by atoms with Crippen LogP contribution in [0.15, 0.2) is 84.9 Å². The monoisotopic (exact) mass is 640 g/mol. The van der Waals surface area contributed by atoms with E-state index >= 15 is 0 Å². The Labute approximate surface area is 279 Å². The molecule has 0 aromatic heterocycles. The van der Waals surface area contributed by atoms with Crippen molar-refractivity contribution >= 4 is 77.7 Å². The number of fused-ring (bicyclic) bond motifs is 4. The number of carbonyl (C=O) groups excluding carboxylic acids is 2. The fourth-order valence-corrected chi connectivity index (χ4v) is 7.66. The molecular formula is C40H40N4O4. The molecule has 0 atom stereocenters. The summed E-state index contributed by atoms with van der Waals surface area (Å²) in [6.07, 6.45) is -2.06. The van der Waals surface area contributed by atoms with Gasteiger partial charge in [0.15, 0.2) is 0 Å². The van der Waals surface area contributed by atoms with Crippen LogP contribution in [0.4, 0.5) is 22.7 Å². The first-order chi connectivity index (χ1) is 22.9. The molecule has 2 amide bonds. The van der Waals surface area contributed by atoms with Crippen molar-refractivity contribution in [3.8, 4) is 0 Å². The van der Waals surface area contributed by atoms with E-state index in [0.717, 1.165) is 54.5 Å². The maximum absolute atomic E-state index is 12.6. The van der Waals surface area contributed by atoms with Crippen molar-refractivity contribution in [1.82, 2.24) is 0 Å². The zero-order valence-electron chi connectivity index (χ0n) is 28.0. The van der Waals surface area contributed by atoms with Crippen molar-refractivity contribution in [3.63, 3.8) is 0 Å². The molecular weight excluding hydrogens is 600 g/mol. The summed E-state index contributed by atoms with van der Waals surface area (Å²) < 4.78 is 0. The quantitative estimate of drug-likeness (QED) is 0.147. The summed E-state index contributed by atoms with van der Waals surface area (Å²) >= 11 is 0. The number of hydrogen-bond donors (Lipinski definition) is 4. The second-order valence-corrected chi connectivity index (χ2v) is 13.4. The van der Waals surface area contributed by atoms with E-state index in [2.05, 4.69) is 47.0 Å². The largest absolute Gasteiger partial charge is 0.392 e. The number of aliphatic hydroxyl groups excluding tert-OH is 2. The average molecular weight is 641 g/mol. The molecule has 0 bridgehead atoms. The molecule has 0 saturated heterocycles. The Hall–Kier alpha value is -5.18. The lowest BCUT2D eigenvalue weighted by Crippen LogP contribution is -2.52. The Bertz CT molecular complexity index is 2110. The number of hydrogen-bond acceptors (Lipinski definition) is 6. The van der Waals surface area contributed by atoms with E-state index in [4.69, 9.17) is 0 Å². The normalized spacial score (nSPS) is 19.0. The lowest BCUT2D eigenvalue weighted by molar-refractivity contribution is -0.115. The molecule has 1 aliphatic carbocycles. The predicted molar refractivity (Wildman–Crippen MR) is 198 cm³/mol. The SMILES string of the molecule is CC(=O)Nc1cc(N(C)C)c2cc3ccccc3cc2c1C1C(O)C(c2c(NC(C)=O)cc(N(C)C)c3cc4ccccc4cc23)C1O. The Morgan fingerprint density at radius 2 is 0.854 bits per heavy atom. The number of nitrogens with zero attached hydrogens (tertiary/aromatic N) is 2. The number of benzene rings is 6. The molecule has 0 heterocycles. The van der Waals surface area contributed by atoms with Gasteiger partial charge in [-0.1, -0.05) is 48.5 Å². The fraction of sp³-hybridized carbons (Fsp3) is 0.250. The molecule has 0 unspecified atom stereocenters. The highest BCUT2D eigenvalue weighted by atomic mass is 16.3. The molecule has 244 valence electrons. The van der Waals surface area contributed by atoms with E-state index in [9.17, 15) is 19.8 Å². The molecule has 0 spiro atoms. The van der Waals surface area contributed by atoms with Crippen molar-refractivity contribution in [1.29, 1.82) is 0 Å². The van der Waals surface area contributed by atoms with Gasteiger partial charge in [0, 0.05) is 87.4 Å². The lowest BCUT2D eigenvalue weighted by Gasteiger charge is -2.49. The van der Waals surface area contributed by atoms with Gasteiger partial charge in [0.1, 0.15) is 0 Å². The Morgan fingerprint density at radius 1 is 0.542 bits per heavy atom. The van der Waals surface area contributed by atoms with Crippen LogP contribution in [-0.4, -0.2) is 62.4 Å². The Balaban J connectivity index is 1.47. The second kappa shape index (κ2) is 11.8. The number of aliphatic hydroxyl groups is 2. The van der Waals surface area contributed by atoms with Gasteiger partial charge in [-0.05, 0) is 79.8 Å². The number of nitrogens with one attached hydrogen (secondary N) is 2. The molecule has 1 fully saturated rings. The van der Waals surface area contributed by atoms with Crippen molar-refractivity contribution in [3.05, 3.63) is 96.1 Å². The van der Waals surface area contributed by atoms with Crippen molar-refractivity contribution < 1.29 is 19.8 Å². The highest BCUT2D eigenvalue weighted by Gasteiger charge is 2.53. The smallest absolute Gasteiger partial charge is 0.221 e. The van der Waals surface area contributed by atoms with E-state index < -0.39 is 24.0 Å². The third kappa shape index (κ3) is 5.09. The summed E-state index contributed by atoms with van der Waals surface area (Å²) in [5.41, 5.74) is 4.30. The minimum atomic E-state index is -1.03. The lowest BCUT2D eigenvalue weighted by atomic mass is 9.61. The van der Waals surface area contributed by atoms with Crippen molar-refractivity contribution in [2.45, 2.75) is 37.9 Å². The zero-order valence-corrected chi connectivity index (χ0v) is 28.0.